The van der Waals surface area contributed by atoms with Gasteiger partial charge in [-0.25, -0.2) is 4.39 Å². The van der Waals surface area contributed by atoms with E-state index in [9.17, 15) is 9.18 Å². The second-order valence-electron chi connectivity index (χ2n) is 5.45. The van der Waals surface area contributed by atoms with Crippen LogP contribution in [0.15, 0.2) is 18.2 Å². The predicted molar refractivity (Wildman–Crippen MR) is 66.1 cm³/mol. The molecule has 0 aromatic heterocycles. The number of carbonyl (C=O) groups excluding carboxylic acids is 1. The molecule has 1 aromatic rings. The van der Waals surface area contributed by atoms with Crippen LogP contribution in [0, 0.1) is 18.7 Å². The molecule has 2 fully saturated rings. The lowest BCUT2D eigenvalue weighted by Gasteiger charge is -2.27. The first-order valence-electron chi connectivity index (χ1n) is 6.59. The Bertz CT molecular complexity index is 471. The molecule has 0 aliphatic carbocycles. The van der Waals surface area contributed by atoms with E-state index in [2.05, 4.69) is 0 Å². The molecule has 2 saturated heterocycles. The zero-order valence-electron chi connectivity index (χ0n) is 10.5. The van der Waals surface area contributed by atoms with Gasteiger partial charge in [0.2, 0.25) is 0 Å². The zero-order chi connectivity index (χ0) is 12.7. The Hall–Kier alpha value is -1.22. The number of ketones is 1. The average Bonchev–Trinajstić information content (AvgIpc) is 2.67. The van der Waals surface area contributed by atoms with Crippen molar-refractivity contribution in [3.05, 3.63) is 35.1 Å². The largest absolute Gasteiger partial charge is 0.375 e. The van der Waals surface area contributed by atoms with Crippen LogP contribution < -0.4 is 0 Å². The van der Waals surface area contributed by atoms with Crippen molar-refractivity contribution in [3.8, 4) is 0 Å². The monoisotopic (exact) mass is 248 g/mol. The maximum atomic E-state index is 13.1. The predicted octanol–water partition coefficient (Wildman–Crippen LogP) is 3.27. The summed E-state index contributed by atoms with van der Waals surface area (Å²) in [4.78, 5) is 12.5. The van der Waals surface area contributed by atoms with E-state index < -0.39 is 0 Å². The number of fused-ring (bicyclic) bond motifs is 2. The molecule has 2 heterocycles. The number of halogens is 1. The molecule has 96 valence electrons. The minimum Gasteiger partial charge on any atom is -0.375 e. The number of hydrogen-bond acceptors (Lipinski definition) is 2. The summed E-state index contributed by atoms with van der Waals surface area (Å²) in [6, 6.07) is 4.42. The highest BCUT2D eigenvalue weighted by atomic mass is 19.1. The van der Waals surface area contributed by atoms with Crippen molar-refractivity contribution < 1.29 is 13.9 Å². The van der Waals surface area contributed by atoms with Gasteiger partial charge in [-0.05, 0) is 56.4 Å². The summed E-state index contributed by atoms with van der Waals surface area (Å²) in [5.74, 6) is -0.0655. The molecule has 2 aliphatic rings. The first-order chi connectivity index (χ1) is 8.63. The second-order valence-corrected chi connectivity index (χ2v) is 5.45. The van der Waals surface area contributed by atoms with Crippen LogP contribution in [0.3, 0.4) is 0 Å². The highest BCUT2D eigenvalue weighted by molar-refractivity contribution is 5.99. The van der Waals surface area contributed by atoms with Crippen molar-refractivity contribution in [2.75, 3.05) is 0 Å². The molecule has 1 aromatic carbocycles. The summed E-state index contributed by atoms with van der Waals surface area (Å²) in [5.41, 5.74) is 1.40. The summed E-state index contributed by atoms with van der Waals surface area (Å²) in [7, 11) is 0. The quantitative estimate of drug-likeness (QED) is 0.751. The average molecular weight is 248 g/mol. The van der Waals surface area contributed by atoms with Crippen LogP contribution in [0.4, 0.5) is 4.39 Å². The van der Waals surface area contributed by atoms with Crippen molar-refractivity contribution in [3.63, 3.8) is 0 Å². The van der Waals surface area contributed by atoms with Crippen LogP contribution >= 0.6 is 0 Å². The minimum absolute atomic E-state index is 0.0559. The number of ether oxygens (including phenoxy) is 1. The van der Waals surface area contributed by atoms with E-state index in [4.69, 9.17) is 4.74 Å². The first-order valence-corrected chi connectivity index (χ1v) is 6.59. The van der Waals surface area contributed by atoms with E-state index in [-0.39, 0.29) is 29.7 Å². The Labute approximate surface area is 106 Å². The fourth-order valence-corrected chi connectivity index (χ4v) is 3.20. The molecule has 0 N–H and O–H groups in total. The van der Waals surface area contributed by atoms with Gasteiger partial charge in [0, 0.05) is 11.5 Å². The van der Waals surface area contributed by atoms with E-state index >= 15 is 0 Å². The van der Waals surface area contributed by atoms with Gasteiger partial charge in [0.15, 0.2) is 5.78 Å². The fraction of sp³-hybridized carbons (Fsp3) is 0.533. The molecule has 0 spiro atoms. The lowest BCUT2D eigenvalue weighted by atomic mass is 9.86. The topological polar surface area (TPSA) is 26.3 Å². The molecule has 0 amide bonds. The van der Waals surface area contributed by atoms with Gasteiger partial charge in [-0.1, -0.05) is 0 Å². The number of hydrogen-bond donors (Lipinski definition) is 0. The smallest absolute Gasteiger partial charge is 0.166 e. The highest BCUT2D eigenvalue weighted by Gasteiger charge is 2.38. The lowest BCUT2D eigenvalue weighted by molar-refractivity contribution is -0.0149. The fourth-order valence-electron chi connectivity index (χ4n) is 3.20. The maximum Gasteiger partial charge on any atom is 0.166 e. The summed E-state index contributed by atoms with van der Waals surface area (Å²) in [5, 5.41) is 0. The van der Waals surface area contributed by atoms with E-state index in [0.29, 0.717) is 5.56 Å². The number of Topliss-reactive ketones (excluding diaryl/α,β-unsaturated/α-hetero) is 1. The molecule has 2 unspecified atom stereocenters. The summed E-state index contributed by atoms with van der Waals surface area (Å²) >= 11 is 0. The van der Waals surface area contributed by atoms with Crippen molar-refractivity contribution in [2.45, 2.75) is 44.8 Å². The van der Waals surface area contributed by atoms with Crippen LogP contribution in [-0.4, -0.2) is 18.0 Å². The standard InChI is InChI=1S/C15H17FO2/c1-9-6-11(16)2-5-14(9)15(17)10-7-12-3-4-13(8-10)18-12/h2,5-6,10,12-13H,3-4,7-8H2,1H3. The van der Waals surface area contributed by atoms with Gasteiger partial charge in [-0.15, -0.1) is 0 Å². The number of benzene rings is 1. The van der Waals surface area contributed by atoms with E-state index in [1.54, 1.807) is 13.0 Å². The molecule has 2 atom stereocenters. The third kappa shape index (κ3) is 2.07. The molecule has 3 heteroatoms. The summed E-state index contributed by atoms with van der Waals surface area (Å²) < 4.78 is 18.8. The normalized spacial score (nSPS) is 30.4. The van der Waals surface area contributed by atoms with Gasteiger partial charge >= 0.3 is 0 Å². The lowest BCUT2D eigenvalue weighted by Crippen LogP contribution is -2.30. The van der Waals surface area contributed by atoms with E-state index in [1.165, 1.54) is 12.1 Å². The van der Waals surface area contributed by atoms with Gasteiger partial charge in [-0.2, -0.15) is 0 Å². The van der Waals surface area contributed by atoms with Crippen LogP contribution in [0.5, 0.6) is 0 Å². The molecule has 2 aliphatic heterocycles. The third-order valence-corrected chi connectivity index (χ3v) is 4.12. The van der Waals surface area contributed by atoms with Gasteiger partial charge in [0.1, 0.15) is 5.82 Å². The van der Waals surface area contributed by atoms with Crippen LogP contribution in [-0.2, 0) is 4.74 Å². The maximum absolute atomic E-state index is 13.1. The molecular weight excluding hydrogens is 231 g/mol. The number of aryl methyl sites for hydroxylation is 1. The van der Waals surface area contributed by atoms with Crippen molar-refractivity contribution >= 4 is 5.78 Å². The van der Waals surface area contributed by atoms with E-state index in [1.807, 2.05) is 0 Å². The third-order valence-electron chi connectivity index (χ3n) is 4.12. The van der Waals surface area contributed by atoms with Crippen LogP contribution in [0.2, 0.25) is 0 Å². The van der Waals surface area contributed by atoms with Gasteiger partial charge in [0.25, 0.3) is 0 Å². The van der Waals surface area contributed by atoms with Gasteiger partial charge in [-0.3, -0.25) is 4.79 Å². The van der Waals surface area contributed by atoms with E-state index in [0.717, 1.165) is 31.2 Å². The number of rotatable bonds is 2. The van der Waals surface area contributed by atoms with Gasteiger partial charge < -0.3 is 4.74 Å². The Morgan fingerprint density at radius 1 is 1.28 bits per heavy atom. The Balaban J connectivity index is 1.82. The molecular formula is C15H17FO2. The molecule has 18 heavy (non-hydrogen) atoms. The molecule has 2 bridgehead atoms. The molecule has 0 radical (unpaired) electrons. The minimum atomic E-state index is -0.281. The number of carbonyl (C=O) groups is 1. The van der Waals surface area contributed by atoms with Gasteiger partial charge in [0.05, 0.1) is 12.2 Å². The first kappa shape index (κ1) is 11.8. The molecule has 0 saturated carbocycles. The summed E-state index contributed by atoms with van der Waals surface area (Å²) in [6.45, 7) is 1.80. The Morgan fingerprint density at radius 2 is 1.94 bits per heavy atom. The molecule has 3 rings (SSSR count). The Morgan fingerprint density at radius 3 is 2.56 bits per heavy atom. The Kier molecular flexibility index (Phi) is 2.94. The second kappa shape index (κ2) is 4.47. The SMILES string of the molecule is Cc1cc(F)ccc1C(=O)C1CC2CCC(C1)O2. The molecule has 2 nitrogen and oxygen atoms in total. The van der Waals surface area contributed by atoms with Crippen molar-refractivity contribution in [2.24, 2.45) is 5.92 Å². The van der Waals surface area contributed by atoms with Crippen molar-refractivity contribution in [1.82, 2.24) is 0 Å². The van der Waals surface area contributed by atoms with Crippen molar-refractivity contribution in [1.29, 1.82) is 0 Å². The zero-order valence-corrected chi connectivity index (χ0v) is 10.5. The highest BCUT2D eigenvalue weighted by Crippen LogP contribution is 2.37. The van der Waals surface area contributed by atoms with Crippen LogP contribution in [0.25, 0.3) is 0 Å². The summed E-state index contributed by atoms with van der Waals surface area (Å²) in [6.07, 6.45) is 4.34. The van der Waals surface area contributed by atoms with Crippen LogP contribution in [0.1, 0.15) is 41.6 Å².